The summed E-state index contributed by atoms with van der Waals surface area (Å²) in [6.45, 7) is 0. The molecule has 5 heterocycles. The van der Waals surface area contributed by atoms with E-state index in [4.69, 9.17) is 19.4 Å². The number of fused-ring (bicyclic) bond motifs is 12. The Bertz CT molecular complexity index is 3750. The summed E-state index contributed by atoms with van der Waals surface area (Å²) in [7, 11) is 0. The van der Waals surface area contributed by atoms with Gasteiger partial charge in [-0.05, 0) is 83.9 Å². The first kappa shape index (κ1) is 30.5. The van der Waals surface area contributed by atoms with Crippen LogP contribution in [0.5, 0.6) is 0 Å². The number of oxazole rings is 1. The number of para-hydroxylation sites is 3. The number of hydrogen-bond donors (Lipinski definition) is 0. The molecular formula is C51H29N5O. The van der Waals surface area contributed by atoms with Crippen molar-refractivity contribution in [2.24, 2.45) is 0 Å². The van der Waals surface area contributed by atoms with Gasteiger partial charge in [-0.3, -0.25) is 4.57 Å². The molecule has 0 unspecified atom stereocenters. The number of hydrogen-bond acceptors (Lipinski definition) is 4. The molecule has 0 aliphatic rings. The first-order valence-electron chi connectivity index (χ1n) is 19.2. The Morgan fingerprint density at radius 3 is 1.82 bits per heavy atom. The molecule has 13 rings (SSSR count). The second kappa shape index (κ2) is 11.4. The highest BCUT2D eigenvalue weighted by atomic mass is 16.3. The van der Waals surface area contributed by atoms with Crippen LogP contribution in [0.15, 0.2) is 180 Å². The van der Waals surface area contributed by atoms with Crippen LogP contribution >= 0.6 is 0 Å². The highest BCUT2D eigenvalue weighted by Crippen LogP contribution is 2.45. The van der Waals surface area contributed by atoms with Crippen molar-refractivity contribution in [2.75, 3.05) is 0 Å². The Kier molecular flexibility index (Phi) is 6.07. The molecule has 0 aliphatic carbocycles. The lowest BCUT2D eigenvalue weighted by molar-refractivity contribution is 0.623. The van der Waals surface area contributed by atoms with Gasteiger partial charge in [0.15, 0.2) is 11.4 Å². The highest BCUT2D eigenvalue weighted by Gasteiger charge is 2.24. The molecule has 6 nitrogen and oxygen atoms in total. The Labute approximate surface area is 324 Å². The van der Waals surface area contributed by atoms with E-state index in [1.807, 2.05) is 36.4 Å². The van der Waals surface area contributed by atoms with E-state index in [9.17, 15) is 0 Å². The second-order valence-corrected chi connectivity index (χ2v) is 14.8. The third-order valence-corrected chi connectivity index (χ3v) is 11.7. The maximum atomic E-state index is 6.70. The molecular weight excluding hydrogens is 699 g/mol. The molecule has 57 heavy (non-hydrogen) atoms. The molecule has 0 radical (unpaired) electrons. The van der Waals surface area contributed by atoms with Crippen LogP contribution in [0.3, 0.4) is 0 Å². The van der Waals surface area contributed by atoms with Gasteiger partial charge in [0.25, 0.3) is 0 Å². The quantitative estimate of drug-likeness (QED) is 0.181. The lowest BCUT2D eigenvalue weighted by Crippen LogP contribution is -2.02. The Hall–Kier alpha value is -7.83. The van der Waals surface area contributed by atoms with Gasteiger partial charge in [0.05, 0.1) is 38.5 Å². The molecule has 6 heteroatoms. The van der Waals surface area contributed by atoms with Gasteiger partial charge < -0.3 is 8.82 Å². The molecule has 0 spiro atoms. The minimum absolute atomic E-state index is 0.611. The van der Waals surface area contributed by atoms with Crippen molar-refractivity contribution in [1.82, 2.24) is 23.9 Å². The molecule has 0 N–H and O–H groups in total. The van der Waals surface area contributed by atoms with E-state index in [-0.39, 0.29) is 0 Å². The summed E-state index contributed by atoms with van der Waals surface area (Å²) in [4.78, 5) is 15.7. The maximum Gasteiger partial charge on any atom is 0.227 e. The summed E-state index contributed by atoms with van der Waals surface area (Å²) in [5.41, 5.74) is 12.3. The zero-order valence-corrected chi connectivity index (χ0v) is 30.4. The number of nitrogens with zero attached hydrogens (tertiary/aromatic N) is 5. The van der Waals surface area contributed by atoms with Crippen LogP contribution in [0.25, 0.3) is 122 Å². The van der Waals surface area contributed by atoms with Crippen molar-refractivity contribution in [3.8, 4) is 39.8 Å². The van der Waals surface area contributed by atoms with Gasteiger partial charge in [0, 0.05) is 43.4 Å². The average Bonchev–Trinajstić information content (AvgIpc) is 4.03. The maximum absolute atomic E-state index is 6.70. The van der Waals surface area contributed by atoms with E-state index in [1.165, 1.54) is 27.3 Å². The molecule has 0 atom stereocenters. The van der Waals surface area contributed by atoms with Crippen LogP contribution in [0.2, 0.25) is 0 Å². The zero-order valence-electron chi connectivity index (χ0n) is 30.4. The lowest BCUT2D eigenvalue weighted by Gasteiger charge is -2.13. The number of rotatable bonds is 4. The van der Waals surface area contributed by atoms with Gasteiger partial charge in [-0.15, -0.1) is 0 Å². The smallest absolute Gasteiger partial charge is 0.227 e. The summed E-state index contributed by atoms with van der Waals surface area (Å²) in [6, 6.07) is 61.8. The van der Waals surface area contributed by atoms with Crippen molar-refractivity contribution < 1.29 is 4.42 Å². The SMILES string of the molecule is c1ccc(-c2ccc3c(c2)c2ccccc2n3-c2nc(-c3ccc4c(c3)c3c5oc(-c6ccccc6)nc5cc5c6ccccc6n4c53)nc3ccccc23)cc1. The third-order valence-electron chi connectivity index (χ3n) is 11.7. The van der Waals surface area contributed by atoms with Gasteiger partial charge in [-0.25, -0.2) is 15.0 Å². The van der Waals surface area contributed by atoms with Gasteiger partial charge in [-0.2, -0.15) is 0 Å². The summed E-state index contributed by atoms with van der Waals surface area (Å²) in [5, 5.41) is 7.82. The summed E-state index contributed by atoms with van der Waals surface area (Å²) < 4.78 is 11.4. The van der Waals surface area contributed by atoms with Crippen LogP contribution in [-0.4, -0.2) is 23.9 Å². The van der Waals surface area contributed by atoms with Gasteiger partial charge in [0.2, 0.25) is 5.89 Å². The van der Waals surface area contributed by atoms with Crippen LogP contribution in [0.1, 0.15) is 0 Å². The lowest BCUT2D eigenvalue weighted by atomic mass is 10.0. The van der Waals surface area contributed by atoms with Gasteiger partial charge >= 0.3 is 0 Å². The van der Waals surface area contributed by atoms with Crippen molar-refractivity contribution >= 4 is 81.9 Å². The van der Waals surface area contributed by atoms with Crippen LogP contribution in [0.4, 0.5) is 0 Å². The molecule has 0 bridgehead atoms. The largest absolute Gasteiger partial charge is 0.435 e. The van der Waals surface area contributed by atoms with Crippen LogP contribution in [0, 0.1) is 0 Å². The number of aromatic nitrogens is 5. The predicted molar refractivity (Wildman–Crippen MR) is 232 cm³/mol. The van der Waals surface area contributed by atoms with Crippen molar-refractivity contribution in [1.29, 1.82) is 0 Å². The minimum atomic E-state index is 0.611. The summed E-state index contributed by atoms with van der Waals surface area (Å²) in [6.07, 6.45) is 0. The van der Waals surface area contributed by atoms with Crippen LogP contribution in [-0.2, 0) is 0 Å². The first-order chi connectivity index (χ1) is 28.3. The molecule has 13 aromatic rings. The molecule has 0 saturated heterocycles. The topological polar surface area (TPSA) is 61.2 Å². The monoisotopic (exact) mass is 727 g/mol. The van der Waals surface area contributed by atoms with E-state index in [1.54, 1.807) is 0 Å². The second-order valence-electron chi connectivity index (χ2n) is 14.8. The summed E-state index contributed by atoms with van der Waals surface area (Å²) >= 11 is 0. The summed E-state index contributed by atoms with van der Waals surface area (Å²) in [5.74, 6) is 2.12. The number of benzene rings is 8. The zero-order chi connectivity index (χ0) is 37.2. The standard InChI is InChI=1S/C51H29N5O/c1-3-13-30(14-4-1)32-23-25-44-37(27-32)34-17-8-12-22-43(34)56(44)50-36-19-7-10-20-40(36)52-49(54-50)33-24-26-45-39(28-33)46-47-38(35-18-9-11-21-42(35)55(45)47)29-41-48(46)57-51(53-41)31-15-5-2-6-16-31/h1-29H. The van der Waals surface area contributed by atoms with Crippen molar-refractivity contribution in [2.45, 2.75) is 0 Å². The van der Waals surface area contributed by atoms with Gasteiger partial charge in [0.1, 0.15) is 11.3 Å². The first-order valence-corrected chi connectivity index (χ1v) is 19.2. The fraction of sp³-hybridized carbons (Fsp3) is 0. The van der Waals surface area contributed by atoms with E-state index in [2.05, 4.69) is 148 Å². The van der Waals surface area contributed by atoms with E-state index >= 15 is 0 Å². The van der Waals surface area contributed by atoms with Crippen molar-refractivity contribution in [3.05, 3.63) is 176 Å². The van der Waals surface area contributed by atoms with E-state index in [0.717, 1.165) is 82.7 Å². The molecule has 0 aliphatic heterocycles. The molecule has 0 saturated carbocycles. The Morgan fingerprint density at radius 1 is 0.386 bits per heavy atom. The molecule has 264 valence electrons. The van der Waals surface area contributed by atoms with E-state index < -0.39 is 0 Å². The Morgan fingerprint density at radius 2 is 1.00 bits per heavy atom. The normalized spacial score (nSPS) is 12.2. The third kappa shape index (κ3) is 4.26. The molecule has 0 fully saturated rings. The molecule has 8 aromatic carbocycles. The molecule has 5 aromatic heterocycles. The molecule has 0 amide bonds. The van der Waals surface area contributed by atoms with Crippen LogP contribution < -0.4 is 0 Å². The van der Waals surface area contributed by atoms with Crippen molar-refractivity contribution in [3.63, 3.8) is 0 Å². The Balaban J connectivity index is 1.08. The average molecular weight is 728 g/mol. The predicted octanol–water partition coefficient (Wildman–Crippen LogP) is 13.0. The highest BCUT2D eigenvalue weighted by molar-refractivity contribution is 6.30. The van der Waals surface area contributed by atoms with Gasteiger partial charge in [-0.1, -0.05) is 103 Å². The van der Waals surface area contributed by atoms with E-state index in [0.29, 0.717) is 11.7 Å². The fourth-order valence-electron chi connectivity index (χ4n) is 9.16. The minimum Gasteiger partial charge on any atom is -0.435 e. The fourth-order valence-corrected chi connectivity index (χ4v) is 9.16.